The minimum absolute atomic E-state index is 0.491. The minimum atomic E-state index is 0.491. The van der Waals surface area contributed by atoms with Crippen molar-refractivity contribution in [1.29, 1.82) is 0 Å². The van der Waals surface area contributed by atoms with Crippen LogP contribution in [0.3, 0.4) is 0 Å². The molecule has 0 saturated heterocycles. The Hall–Kier alpha value is -0.580. The summed E-state index contributed by atoms with van der Waals surface area (Å²) in [7, 11) is 0. The normalized spacial score (nSPS) is 11.1. The SMILES string of the molecule is CCCCOCCOc1ccc(CNC(C)C)cc1Br. The molecule has 1 aromatic rings. The minimum Gasteiger partial charge on any atom is -0.490 e. The highest BCUT2D eigenvalue weighted by Gasteiger charge is 2.03. The van der Waals surface area contributed by atoms with Crippen LogP contribution in [0.15, 0.2) is 22.7 Å². The second kappa shape index (κ2) is 10.2. The number of ether oxygens (including phenoxy) is 2. The molecule has 1 N–H and O–H groups in total. The molecule has 1 aromatic carbocycles. The van der Waals surface area contributed by atoms with Crippen LogP contribution in [-0.2, 0) is 11.3 Å². The summed E-state index contributed by atoms with van der Waals surface area (Å²) in [4.78, 5) is 0. The van der Waals surface area contributed by atoms with Crippen LogP contribution >= 0.6 is 15.9 Å². The average Bonchev–Trinajstić information content (AvgIpc) is 2.42. The first-order valence-corrected chi connectivity index (χ1v) is 8.15. The van der Waals surface area contributed by atoms with Gasteiger partial charge < -0.3 is 14.8 Å². The van der Waals surface area contributed by atoms with Gasteiger partial charge in [0.05, 0.1) is 11.1 Å². The number of unbranched alkanes of at least 4 members (excludes halogenated alkanes) is 1. The van der Waals surface area contributed by atoms with E-state index in [0.29, 0.717) is 19.3 Å². The highest BCUT2D eigenvalue weighted by molar-refractivity contribution is 9.10. The maximum Gasteiger partial charge on any atom is 0.133 e. The van der Waals surface area contributed by atoms with Crippen LogP contribution < -0.4 is 10.1 Å². The van der Waals surface area contributed by atoms with Gasteiger partial charge in [0.2, 0.25) is 0 Å². The molecular formula is C16H26BrNO2. The van der Waals surface area contributed by atoms with E-state index in [4.69, 9.17) is 9.47 Å². The number of rotatable bonds is 10. The molecule has 0 radical (unpaired) electrons. The molecule has 1 rings (SSSR count). The fourth-order valence-electron chi connectivity index (χ4n) is 1.65. The summed E-state index contributed by atoms with van der Waals surface area (Å²) < 4.78 is 12.2. The standard InChI is InChI=1S/C16H26BrNO2/c1-4-5-8-19-9-10-20-16-7-6-14(11-15(16)17)12-18-13(2)3/h6-7,11,13,18H,4-5,8-10,12H2,1-3H3. The Labute approximate surface area is 131 Å². The van der Waals surface area contributed by atoms with Crippen LogP contribution in [0, 0.1) is 0 Å². The molecule has 0 fully saturated rings. The Bertz CT molecular complexity index is 383. The lowest BCUT2D eigenvalue weighted by Gasteiger charge is -2.12. The molecular weight excluding hydrogens is 318 g/mol. The molecule has 0 aliphatic carbocycles. The molecule has 3 nitrogen and oxygen atoms in total. The lowest BCUT2D eigenvalue weighted by Crippen LogP contribution is -2.21. The third kappa shape index (κ3) is 7.27. The van der Waals surface area contributed by atoms with Gasteiger partial charge >= 0.3 is 0 Å². The van der Waals surface area contributed by atoms with Crippen LogP contribution in [0.5, 0.6) is 5.75 Å². The summed E-state index contributed by atoms with van der Waals surface area (Å²) in [5.74, 6) is 0.873. The molecule has 0 unspecified atom stereocenters. The topological polar surface area (TPSA) is 30.5 Å². The molecule has 114 valence electrons. The van der Waals surface area contributed by atoms with Gasteiger partial charge in [-0.2, -0.15) is 0 Å². The third-order valence-electron chi connectivity index (χ3n) is 2.84. The van der Waals surface area contributed by atoms with Crippen molar-refractivity contribution in [2.24, 2.45) is 0 Å². The summed E-state index contributed by atoms with van der Waals surface area (Å²) in [6.07, 6.45) is 2.28. The van der Waals surface area contributed by atoms with Crippen LogP contribution in [0.2, 0.25) is 0 Å². The van der Waals surface area contributed by atoms with Crippen molar-refractivity contribution in [3.63, 3.8) is 0 Å². The van der Waals surface area contributed by atoms with Crippen LogP contribution in [0.25, 0.3) is 0 Å². The molecule has 0 aliphatic rings. The maximum absolute atomic E-state index is 5.71. The van der Waals surface area contributed by atoms with Gasteiger partial charge in [0, 0.05) is 19.2 Å². The van der Waals surface area contributed by atoms with Gasteiger partial charge in [-0.25, -0.2) is 0 Å². The molecule has 0 atom stereocenters. The fraction of sp³-hybridized carbons (Fsp3) is 0.625. The molecule has 0 aromatic heterocycles. The van der Waals surface area contributed by atoms with Crippen LogP contribution in [-0.4, -0.2) is 25.9 Å². The first-order chi connectivity index (χ1) is 9.63. The number of nitrogens with one attached hydrogen (secondary N) is 1. The van der Waals surface area contributed by atoms with Gasteiger partial charge in [0.25, 0.3) is 0 Å². The molecule has 4 heteroatoms. The number of halogens is 1. The predicted molar refractivity (Wildman–Crippen MR) is 87.3 cm³/mol. The van der Waals surface area contributed by atoms with Crippen molar-refractivity contribution in [3.8, 4) is 5.75 Å². The van der Waals surface area contributed by atoms with Crippen molar-refractivity contribution in [3.05, 3.63) is 28.2 Å². The summed E-state index contributed by atoms with van der Waals surface area (Å²) in [6.45, 7) is 9.37. The average molecular weight is 344 g/mol. The van der Waals surface area contributed by atoms with E-state index in [2.05, 4.69) is 54.2 Å². The van der Waals surface area contributed by atoms with Crippen LogP contribution in [0.1, 0.15) is 39.2 Å². The second-order valence-electron chi connectivity index (χ2n) is 5.11. The summed E-state index contributed by atoms with van der Waals surface area (Å²) in [5.41, 5.74) is 1.25. The first-order valence-electron chi connectivity index (χ1n) is 7.35. The van der Waals surface area contributed by atoms with Gasteiger partial charge in [-0.05, 0) is 40.0 Å². The largest absolute Gasteiger partial charge is 0.490 e. The Morgan fingerprint density at radius 1 is 1.20 bits per heavy atom. The van der Waals surface area contributed by atoms with Gasteiger partial charge in [0.15, 0.2) is 0 Å². The lowest BCUT2D eigenvalue weighted by molar-refractivity contribution is 0.0978. The molecule has 0 amide bonds. The highest BCUT2D eigenvalue weighted by Crippen LogP contribution is 2.26. The van der Waals surface area contributed by atoms with E-state index < -0.39 is 0 Å². The predicted octanol–water partition coefficient (Wildman–Crippen LogP) is 4.14. The molecule has 0 spiro atoms. The number of hydrogen-bond donors (Lipinski definition) is 1. The van der Waals surface area contributed by atoms with Crippen molar-refractivity contribution < 1.29 is 9.47 Å². The van der Waals surface area contributed by atoms with Crippen molar-refractivity contribution in [1.82, 2.24) is 5.32 Å². The smallest absolute Gasteiger partial charge is 0.133 e. The second-order valence-corrected chi connectivity index (χ2v) is 5.97. The summed E-state index contributed by atoms with van der Waals surface area (Å²) in [6, 6.07) is 6.69. The quantitative estimate of drug-likeness (QED) is 0.647. The van der Waals surface area contributed by atoms with E-state index in [-0.39, 0.29) is 0 Å². The van der Waals surface area contributed by atoms with Crippen LogP contribution in [0.4, 0.5) is 0 Å². The van der Waals surface area contributed by atoms with E-state index in [1.165, 1.54) is 5.56 Å². The van der Waals surface area contributed by atoms with E-state index in [9.17, 15) is 0 Å². The molecule has 20 heavy (non-hydrogen) atoms. The van der Waals surface area contributed by atoms with Crippen molar-refractivity contribution >= 4 is 15.9 Å². The Balaban J connectivity index is 2.32. The molecule has 0 heterocycles. The zero-order valence-electron chi connectivity index (χ0n) is 12.7. The van der Waals surface area contributed by atoms with Crippen molar-refractivity contribution in [2.45, 2.75) is 46.2 Å². The van der Waals surface area contributed by atoms with E-state index in [1.54, 1.807) is 0 Å². The monoisotopic (exact) mass is 343 g/mol. The van der Waals surface area contributed by atoms with Gasteiger partial charge in [-0.1, -0.05) is 33.3 Å². The summed E-state index contributed by atoms with van der Waals surface area (Å²) >= 11 is 3.55. The van der Waals surface area contributed by atoms with Gasteiger partial charge in [-0.15, -0.1) is 0 Å². The zero-order valence-corrected chi connectivity index (χ0v) is 14.3. The van der Waals surface area contributed by atoms with Gasteiger partial charge in [-0.3, -0.25) is 0 Å². The van der Waals surface area contributed by atoms with E-state index >= 15 is 0 Å². The molecule has 0 saturated carbocycles. The van der Waals surface area contributed by atoms with E-state index in [0.717, 1.165) is 36.2 Å². The Morgan fingerprint density at radius 2 is 2.00 bits per heavy atom. The third-order valence-corrected chi connectivity index (χ3v) is 3.46. The Morgan fingerprint density at radius 3 is 2.65 bits per heavy atom. The Kier molecular flexibility index (Phi) is 8.90. The number of benzene rings is 1. The molecule has 0 aliphatic heterocycles. The zero-order chi connectivity index (χ0) is 14.8. The fourth-order valence-corrected chi connectivity index (χ4v) is 2.19. The van der Waals surface area contributed by atoms with Gasteiger partial charge in [0.1, 0.15) is 12.4 Å². The van der Waals surface area contributed by atoms with Crippen molar-refractivity contribution in [2.75, 3.05) is 19.8 Å². The number of hydrogen-bond acceptors (Lipinski definition) is 3. The summed E-state index contributed by atoms with van der Waals surface area (Å²) in [5, 5.41) is 3.40. The lowest BCUT2D eigenvalue weighted by atomic mass is 10.2. The van der Waals surface area contributed by atoms with E-state index in [1.807, 2.05) is 6.07 Å². The maximum atomic E-state index is 5.71. The highest BCUT2D eigenvalue weighted by atomic mass is 79.9. The molecule has 0 bridgehead atoms. The first kappa shape index (κ1) is 17.5.